The van der Waals surface area contributed by atoms with Crippen LogP contribution in [0.5, 0.6) is 0 Å². The molecule has 138 valence electrons. The molecule has 3 rings (SSSR count). The van der Waals surface area contributed by atoms with Gasteiger partial charge in [0.15, 0.2) is 9.84 Å². The van der Waals surface area contributed by atoms with Crippen molar-refractivity contribution in [3.05, 3.63) is 18.5 Å². The minimum Gasteiger partial charge on any atom is -0.335 e. The van der Waals surface area contributed by atoms with Gasteiger partial charge in [-0.1, -0.05) is 13.8 Å². The van der Waals surface area contributed by atoms with Crippen molar-refractivity contribution < 1.29 is 18.0 Å². The molecule has 0 aliphatic carbocycles. The molecule has 2 fully saturated rings. The lowest BCUT2D eigenvalue weighted by atomic mass is 10.0. The van der Waals surface area contributed by atoms with E-state index in [0.717, 1.165) is 0 Å². The second-order valence-electron chi connectivity index (χ2n) is 7.19. The Kier molecular flexibility index (Phi) is 4.86. The summed E-state index contributed by atoms with van der Waals surface area (Å²) in [6.45, 7) is 4.75. The predicted molar refractivity (Wildman–Crippen MR) is 91.3 cm³/mol. The summed E-state index contributed by atoms with van der Waals surface area (Å²) < 4.78 is 25.9. The van der Waals surface area contributed by atoms with E-state index in [1.54, 1.807) is 28.3 Å². The lowest BCUT2D eigenvalue weighted by molar-refractivity contribution is -0.146. The molecule has 8 nitrogen and oxygen atoms in total. The van der Waals surface area contributed by atoms with Crippen molar-refractivity contribution >= 4 is 21.7 Å². The first kappa shape index (κ1) is 17.9. The van der Waals surface area contributed by atoms with Gasteiger partial charge in [0.1, 0.15) is 6.54 Å². The smallest absolute Gasteiger partial charge is 0.244 e. The summed E-state index contributed by atoms with van der Waals surface area (Å²) >= 11 is 0. The van der Waals surface area contributed by atoms with Gasteiger partial charge in [-0.05, 0) is 12.0 Å². The molecular weight excluding hydrogens is 344 g/mol. The number of carbonyl (C=O) groups is 2. The van der Waals surface area contributed by atoms with E-state index in [-0.39, 0.29) is 35.8 Å². The van der Waals surface area contributed by atoms with Gasteiger partial charge in [0.25, 0.3) is 0 Å². The van der Waals surface area contributed by atoms with Crippen LogP contribution in [0.2, 0.25) is 0 Å². The summed E-state index contributed by atoms with van der Waals surface area (Å²) in [7, 11) is -3.26. The fourth-order valence-electron chi connectivity index (χ4n) is 3.66. The number of carbonyl (C=O) groups excluding carboxylic acids is 2. The van der Waals surface area contributed by atoms with Gasteiger partial charge >= 0.3 is 0 Å². The summed E-state index contributed by atoms with van der Waals surface area (Å²) in [6, 6.07) is 0.836. The molecule has 0 radical (unpaired) electrons. The van der Waals surface area contributed by atoms with E-state index in [4.69, 9.17) is 0 Å². The molecule has 2 atom stereocenters. The van der Waals surface area contributed by atoms with Crippen LogP contribution < -0.4 is 0 Å². The lowest BCUT2D eigenvalue weighted by Gasteiger charge is -2.44. The lowest BCUT2D eigenvalue weighted by Crippen LogP contribution is -2.62. The molecule has 2 saturated heterocycles. The Morgan fingerprint density at radius 1 is 1.12 bits per heavy atom. The summed E-state index contributed by atoms with van der Waals surface area (Å²) in [5.74, 6) is -0.113. The van der Waals surface area contributed by atoms with Crippen LogP contribution in [0.25, 0.3) is 0 Å². The van der Waals surface area contributed by atoms with Crippen LogP contribution in [0, 0.1) is 5.92 Å². The Morgan fingerprint density at radius 2 is 1.72 bits per heavy atom. The fraction of sp³-hybridized carbons (Fsp3) is 0.688. The molecule has 0 spiro atoms. The Balaban J connectivity index is 1.78. The molecule has 1 aromatic rings. The van der Waals surface area contributed by atoms with Crippen molar-refractivity contribution in [1.29, 1.82) is 0 Å². The van der Waals surface area contributed by atoms with Gasteiger partial charge in [0.2, 0.25) is 11.8 Å². The van der Waals surface area contributed by atoms with E-state index in [2.05, 4.69) is 5.10 Å². The van der Waals surface area contributed by atoms with E-state index in [9.17, 15) is 18.0 Å². The molecule has 0 unspecified atom stereocenters. The molecule has 25 heavy (non-hydrogen) atoms. The summed E-state index contributed by atoms with van der Waals surface area (Å²) in [5, 5.41) is 4.03. The Hall–Kier alpha value is -1.90. The van der Waals surface area contributed by atoms with E-state index >= 15 is 0 Å². The van der Waals surface area contributed by atoms with Crippen LogP contribution in [0.4, 0.5) is 0 Å². The number of sulfone groups is 1. The third kappa shape index (κ3) is 3.86. The standard InChI is InChI=1S/C16H24N4O4S/c1-12(2)8-15(21)19-6-7-20(14-11-25(23,24)10-13(14)19)16(22)9-18-5-3-4-17-18/h3-5,12-14H,6-11H2,1-2H3/t13-,14+/m0/s1. The van der Waals surface area contributed by atoms with Gasteiger partial charge < -0.3 is 9.80 Å². The average molecular weight is 368 g/mol. The van der Waals surface area contributed by atoms with E-state index in [1.165, 1.54) is 4.68 Å². The van der Waals surface area contributed by atoms with Crippen molar-refractivity contribution in [2.75, 3.05) is 24.6 Å². The maximum Gasteiger partial charge on any atom is 0.244 e. The van der Waals surface area contributed by atoms with Crippen molar-refractivity contribution in [3.63, 3.8) is 0 Å². The monoisotopic (exact) mass is 368 g/mol. The Bertz CT molecular complexity index is 744. The third-order valence-corrected chi connectivity index (χ3v) is 6.45. The van der Waals surface area contributed by atoms with Gasteiger partial charge in [-0.15, -0.1) is 0 Å². The van der Waals surface area contributed by atoms with Crippen LogP contribution in [-0.2, 0) is 26.0 Å². The van der Waals surface area contributed by atoms with Crippen molar-refractivity contribution in [2.24, 2.45) is 5.92 Å². The third-order valence-electron chi connectivity index (χ3n) is 4.76. The quantitative estimate of drug-likeness (QED) is 0.732. The van der Waals surface area contributed by atoms with Gasteiger partial charge in [0, 0.05) is 31.9 Å². The number of amides is 2. The number of piperazine rings is 1. The molecule has 2 aliphatic heterocycles. The minimum atomic E-state index is -3.26. The van der Waals surface area contributed by atoms with Crippen LogP contribution in [-0.4, -0.2) is 76.5 Å². The van der Waals surface area contributed by atoms with E-state index < -0.39 is 21.9 Å². The zero-order valence-corrected chi connectivity index (χ0v) is 15.4. The average Bonchev–Trinajstić information content (AvgIpc) is 3.10. The summed E-state index contributed by atoms with van der Waals surface area (Å²) in [4.78, 5) is 28.4. The van der Waals surface area contributed by atoms with Crippen molar-refractivity contribution in [3.8, 4) is 0 Å². The second-order valence-corrected chi connectivity index (χ2v) is 9.34. The molecule has 0 bridgehead atoms. The first-order valence-electron chi connectivity index (χ1n) is 8.53. The summed E-state index contributed by atoms with van der Waals surface area (Å²) in [6.07, 6.45) is 3.69. The van der Waals surface area contributed by atoms with Crippen LogP contribution in [0.1, 0.15) is 20.3 Å². The van der Waals surface area contributed by atoms with Crippen molar-refractivity contribution in [1.82, 2.24) is 19.6 Å². The van der Waals surface area contributed by atoms with E-state index in [1.807, 2.05) is 13.8 Å². The second kappa shape index (κ2) is 6.78. The molecule has 2 amide bonds. The van der Waals surface area contributed by atoms with E-state index in [0.29, 0.717) is 19.5 Å². The molecule has 0 saturated carbocycles. The van der Waals surface area contributed by atoms with Gasteiger partial charge in [0.05, 0.1) is 23.6 Å². The number of hydrogen-bond donors (Lipinski definition) is 0. The number of fused-ring (bicyclic) bond motifs is 1. The maximum absolute atomic E-state index is 12.6. The van der Waals surface area contributed by atoms with Gasteiger partial charge in [-0.3, -0.25) is 14.3 Å². The zero-order valence-electron chi connectivity index (χ0n) is 14.5. The minimum absolute atomic E-state index is 0.0266. The SMILES string of the molecule is CC(C)CC(=O)N1CCN(C(=O)Cn2cccn2)[C@@H]2CS(=O)(=O)C[C@@H]21. The van der Waals surface area contributed by atoms with Gasteiger partial charge in [-0.25, -0.2) is 8.42 Å². The molecule has 0 N–H and O–H groups in total. The number of rotatable bonds is 4. The van der Waals surface area contributed by atoms with Gasteiger partial charge in [-0.2, -0.15) is 5.10 Å². The normalized spacial score (nSPS) is 25.2. The highest BCUT2D eigenvalue weighted by Gasteiger charge is 2.49. The molecule has 1 aromatic heterocycles. The van der Waals surface area contributed by atoms with Crippen molar-refractivity contribution in [2.45, 2.75) is 38.9 Å². The molecular formula is C16H24N4O4S. The first-order valence-corrected chi connectivity index (χ1v) is 10.4. The molecule has 2 aliphatic rings. The molecule has 9 heteroatoms. The Morgan fingerprint density at radius 3 is 2.24 bits per heavy atom. The molecule has 3 heterocycles. The summed E-state index contributed by atoms with van der Waals surface area (Å²) in [5.41, 5.74) is 0. The van der Waals surface area contributed by atoms with Crippen LogP contribution in [0.3, 0.4) is 0 Å². The topological polar surface area (TPSA) is 92.6 Å². The maximum atomic E-state index is 12.6. The van der Waals surface area contributed by atoms with Crippen LogP contribution in [0.15, 0.2) is 18.5 Å². The predicted octanol–water partition coefficient (Wildman–Crippen LogP) is -0.234. The number of aromatic nitrogens is 2. The highest BCUT2D eigenvalue weighted by molar-refractivity contribution is 7.91. The largest absolute Gasteiger partial charge is 0.335 e. The highest BCUT2D eigenvalue weighted by atomic mass is 32.2. The van der Waals surface area contributed by atoms with Crippen LogP contribution >= 0.6 is 0 Å². The number of hydrogen-bond acceptors (Lipinski definition) is 5. The zero-order chi connectivity index (χ0) is 18.2. The molecule has 0 aromatic carbocycles. The highest BCUT2D eigenvalue weighted by Crippen LogP contribution is 2.28. The Labute approximate surface area is 147 Å². The first-order chi connectivity index (χ1) is 11.8. The fourth-order valence-corrected chi connectivity index (χ4v) is 5.64. The number of nitrogens with zero attached hydrogens (tertiary/aromatic N) is 4.